The minimum atomic E-state index is -0.363. The van der Waals surface area contributed by atoms with E-state index in [0.717, 1.165) is 4.47 Å². The lowest BCUT2D eigenvalue weighted by Crippen LogP contribution is -2.42. The van der Waals surface area contributed by atoms with E-state index < -0.39 is 0 Å². The summed E-state index contributed by atoms with van der Waals surface area (Å²) in [5.41, 5.74) is 0.668. The maximum atomic E-state index is 12.5. The third-order valence-electron chi connectivity index (χ3n) is 3.55. The highest BCUT2D eigenvalue weighted by Crippen LogP contribution is 2.15. The van der Waals surface area contributed by atoms with Crippen LogP contribution in [0.25, 0.3) is 0 Å². The van der Waals surface area contributed by atoms with Crippen molar-refractivity contribution in [2.24, 2.45) is 11.8 Å². The number of benzene rings is 1. The van der Waals surface area contributed by atoms with Crippen molar-refractivity contribution in [3.63, 3.8) is 0 Å². The summed E-state index contributed by atoms with van der Waals surface area (Å²) in [5, 5.41) is 5.47. The number of nitrogens with zero attached hydrogens (tertiary/aromatic N) is 1. The van der Waals surface area contributed by atoms with Crippen LogP contribution in [0.2, 0.25) is 0 Å². The molecule has 0 fully saturated rings. The maximum Gasteiger partial charge on any atom is 0.319 e. The molecule has 0 aliphatic rings. The molecule has 0 radical (unpaired) electrons. The van der Waals surface area contributed by atoms with Crippen molar-refractivity contribution in [3.05, 3.63) is 28.7 Å². The second-order valence-corrected chi connectivity index (χ2v) is 7.48. The van der Waals surface area contributed by atoms with Gasteiger partial charge in [0.1, 0.15) is 5.78 Å². The van der Waals surface area contributed by atoms with Crippen LogP contribution in [0, 0.1) is 11.8 Å². The molecule has 25 heavy (non-hydrogen) atoms. The molecule has 138 valence electrons. The Kier molecular flexibility index (Phi) is 8.61. The van der Waals surface area contributed by atoms with Crippen LogP contribution in [-0.2, 0) is 9.59 Å². The summed E-state index contributed by atoms with van der Waals surface area (Å²) in [5.74, 6) is -0.260. The Morgan fingerprint density at radius 1 is 1.16 bits per heavy atom. The fourth-order valence-electron chi connectivity index (χ4n) is 2.49. The van der Waals surface area contributed by atoms with Gasteiger partial charge in [-0.25, -0.2) is 4.79 Å². The number of likely N-dealkylation sites (N-methyl/N-ethyl adjacent to an activating group) is 1. The van der Waals surface area contributed by atoms with Crippen molar-refractivity contribution in [1.29, 1.82) is 0 Å². The van der Waals surface area contributed by atoms with E-state index in [1.54, 1.807) is 19.2 Å². The van der Waals surface area contributed by atoms with Crippen LogP contribution in [-0.4, -0.2) is 42.8 Å². The van der Waals surface area contributed by atoms with E-state index in [1.165, 1.54) is 11.8 Å². The molecule has 0 aliphatic carbocycles. The maximum absolute atomic E-state index is 12.5. The van der Waals surface area contributed by atoms with Gasteiger partial charge >= 0.3 is 6.03 Å². The predicted molar refractivity (Wildman–Crippen MR) is 102 cm³/mol. The molecule has 0 saturated heterocycles. The van der Waals surface area contributed by atoms with Crippen molar-refractivity contribution in [2.45, 2.75) is 27.2 Å². The number of hydrogen-bond acceptors (Lipinski definition) is 3. The van der Waals surface area contributed by atoms with Crippen LogP contribution in [0.15, 0.2) is 28.7 Å². The molecule has 0 saturated carbocycles. The van der Waals surface area contributed by atoms with E-state index in [4.69, 9.17) is 0 Å². The number of hydrogen-bond donors (Lipinski definition) is 2. The highest BCUT2D eigenvalue weighted by atomic mass is 79.9. The zero-order chi connectivity index (χ0) is 19.0. The Morgan fingerprint density at radius 3 is 2.28 bits per heavy atom. The first-order valence-corrected chi connectivity index (χ1v) is 9.03. The number of carbonyl (C=O) groups excluding carboxylic acids is 3. The van der Waals surface area contributed by atoms with Gasteiger partial charge in [-0.1, -0.05) is 29.8 Å². The average Bonchev–Trinajstić information content (AvgIpc) is 2.52. The summed E-state index contributed by atoms with van der Waals surface area (Å²) in [6, 6.07) is 6.86. The number of urea groups is 1. The molecule has 6 nitrogen and oxygen atoms in total. The van der Waals surface area contributed by atoms with Crippen molar-refractivity contribution >= 4 is 39.3 Å². The van der Waals surface area contributed by atoms with Crippen LogP contribution in [0.3, 0.4) is 0 Å². The van der Waals surface area contributed by atoms with Gasteiger partial charge < -0.3 is 15.5 Å². The summed E-state index contributed by atoms with van der Waals surface area (Å²) in [6.45, 7) is 5.80. The van der Waals surface area contributed by atoms with Crippen LogP contribution in [0.4, 0.5) is 10.5 Å². The molecule has 3 amide bonds. The molecule has 7 heteroatoms. The summed E-state index contributed by atoms with van der Waals surface area (Å²) in [7, 11) is 1.61. The lowest BCUT2D eigenvalue weighted by atomic mass is 9.95. The van der Waals surface area contributed by atoms with E-state index in [2.05, 4.69) is 26.6 Å². The highest BCUT2D eigenvalue weighted by Gasteiger charge is 2.24. The third-order valence-corrected chi connectivity index (χ3v) is 4.08. The molecule has 1 aromatic carbocycles. The molecule has 0 aliphatic heterocycles. The molecule has 1 atom stereocenters. The lowest BCUT2D eigenvalue weighted by molar-refractivity contribution is -0.137. The highest BCUT2D eigenvalue weighted by molar-refractivity contribution is 9.10. The van der Waals surface area contributed by atoms with Crippen molar-refractivity contribution in [1.82, 2.24) is 10.2 Å². The average molecular weight is 412 g/mol. The molecule has 0 aromatic heterocycles. The van der Waals surface area contributed by atoms with Gasteiger partial charge in [-0.05, 0) is 43.5 Å². The second kappa shape index (κ2) is 10.2. The Labute approximate surface area is 157 Å². The van der Waals surface area contributed by atoms with Crippen LogP contribution < -0.4 is 10.6 Å². The number of ketones is 1. The summed E-state index contributed by atoms with van der Waals surface area (Å²) in [4.78, 5) is 37.2. The van der Waals surface area contributed by atoms with E-state index in [0.29, 0.717) is 18.0 Å². The smallest absolute Gasteiger partial charge is 0.319 e. The fraction of sp³-hybridized carbons (Fsp3) is 0.500. The van der Waals surface area contributed by atoms with Gasteiger partial charge in [0, 0.05) is 23.8 Å². The first-order valence-electron chi connectivity index (χ1n) is 8.23. The van der Waals surface area contributed by atoms with Gasteiger partial charge in [0.15, 0.2) is 0 Å². The fourth-order valence-corrected chi connectivity index (χ4v) is 2.75. The van der Waals surface area contributed by atoms with Crippen molar-refractivity contribution in [3.8, 4) is 0 Å². The molecular weight excluding hydrogens is 386 g/mol. The summed E-state index contributed by atoms with van der Waals surface area (Å²) >= 11 is 3.34. The summed E-state index contributed by atoms with van der Waals surface area (Å²) in [6.07, 6.45) is 0.639. The van der Waals surface area contributed by atoms with Gasteiger partial charge in [0.25, 0.3) is 0 Å². The molecule has 1 unspecified atom stereocenters. The van der Waals surface area contributed by atoms with Crippen LogP contribution in [0.1, 0.15) is 27.2 Å². The minimum absolute atomic E-state index is 0.0694. The van der Waals surface area contributed by atoms with Crippen molar-refractivity contribution in [2.75, 3.05) is 25.5 Å². The number of halogens is 1. The molecule has 1 rings (SSSR count). The molecule has 0 bridgehead atoms. The van der Waals surface area contributed by atoms with E-state index in [1.807, 2.05) is 26.0 Å². The summed E-state index contributed by atoms with van der Waals surface area (Å²) < 4.78 is 0.926. The number of Topliss-reactive ketones (excluding diaryl/α,β-unsaturated/α-hetero) is 1. The standard InChI is InChI=1S/C18H26BrN3O3/c1-12(2)9-14(17(24)22(4)11-13(3)23)10-20-18(25)21-16-7-5-15(19)6-8-16/h5-8,12,14H,9-11H2,1-4H3,(H2,20,21,25). The quantitative estimate of drug-likeness (QED) is 0.688. The normalized spacial score (nSPS) is 11.8. The number of carbonyl (C=O) groups is 3. The third kappa shape index (κ3) is 8.16. The van der Waals surface area contributed by atoms with Gasteiger partial charge in [-0.15, -0.1) is 0 Å². The van der Waals surface area contributed by atoms with Gasteiger partial charge in [-0.3, -0.25) is 9.59 Å². The van der Waals surface area contributed by atoms with Crippen molar-refractivity contribution < 1.29 is 14.4 Å². The predicted octanol–water partition coefficient (Wildman–Crippen LogP) is 3.28. The Bertz CT molecular complexity index is 602. The molecule has 0 spiro atoms. The number of rotatable bonds is 8. The topological polar surface area (TPSA) is 78.5 Å². The monoisotopic (exact) mass is 411 g/mol. The van der Waals surface area contributed by atoms with E-state index in [9.17, 15) is 14.4 Å². The van der Waals surface area contributed by atoms with Gasteiger partial charge in [0.05, 0.1) is 12.5 Å². The number of nitrogens with one attached hydrogen (secondary N) is 2. The zero-order valence-electron chi connectivity index (χ0n) is 15.1. The Hall–Kier alpha value is -1.89. The minimum Gasteiger partial charge on any atom is -0.338 e. The second-order valence-electron chi connectivity index (χ2n) is 6.56. The first-order chi connectivity index (χ1) is 11.7. The van der Waals surface area contributed by atoms with Crippen LogP contribution in [0.5, 0.6) is 0 Å². The number of amides is 3. The molecule has 1 aromatic rings. The lowest BCUT2D eigenvalue weighted by Gasteiger charge is -2.24. The van der Waals surface area contributed by atoms with E-state index in [-0.39, 0.29) is 36.7 Å². The number of anilines is 1. The van der Waals surface area contributed by atoms with Gasteiger partial charge in [0.2, 0.25) is 5.91 Å². The Morgan fingerprint density at radius 2 is 1.76 bits per heavy atom. The molecule has 0 heterocycles. The van der Waals surface area contributed by atoms with E-state index >= 15 is 0 Å². The molecular formula is C18H26BrN3O3. The zero-order valence-corrected chi connectivity index (χ0v) is 16.7. The first kappa shape index (κ1) is 21.2. The largest absolute Gasteiger partial charge is 0.338 e. The van der Waals surface area contributed by atoms with Crippen LogP contribution >= 0.6 is 15.9 Å². The Balaban J connectivity index is 2.62. The van der Waals surface area contributed by atoms with Gasteiger partial charge in [-0.2, -0.15) is 0 Å². The SMILES string of the molecule is CC(=O)CN(C)C(=O)C(CNC(=O)Nc1ccc(Br)cc1)CC(C)C. The molecule has 2 N–H and O–H groups in total.